The van der Waals surface area contributed by atoms with Crippen LogP contribution in [0.15, 0.2) is 33.4 Å². The molecule has 1 atom stereocenters. The van der Waals surface area contributed by atoms with Crippen molar-refractivity contribution < 1.29 is 40.3 Å². The van der Waals surface area contributed by atoms with Crippen molar-refractivity contribution in [1.29, 1.82) is 0 Å². The number of amides is 2. The average Bonchev–Trinajstić information content (AvgIpc) is 3.51. The molecule has 3 N–H and O–H groups in total. The predicted octanol–water partition coefficient (Wildman–Crippen LogP) is 6.16. The fraction of sp³-hybridized carbons (Fsp3) is 0.238. The van der Waals surface area contributed by atoms with Gasteiger partial charge in [0, 0.05) is 10.9 Å². The summed E-state index contributed by atoms with van der Waals surface area (Å²) in [5, 5.41) is 5.85. The molecule has 196 valence electrons. The first-order chi connectivity index (χ1) is 17.1. The third-order valence-electron chi connectivity index (χ3n) is 5.30. The largest absolute Gasteiger partial charge is 0.464 e. The number of carbonyl (C=O) groups is 2. The van der Waals surface area contributed by atoms with Gasteiger partial charge in [0.1, 0.15) is 27.2 Å². The number of rotatable bonds is 5. The number of thiophene rings is 1. The van der Waals surface area contributed by atoms with Gasteiger partial charge in [-0.3, -0.25) is 14.3 Å². The SMILES string of the molecule is Cc1c(Br)c(C(F)(F)F)nn1C(C)C(=O)Nc1c(C(N)=O)sc2nc(C(F)(F)F)cc(-c3ccco3)c12. The lowest BCUT2D eigenvalue weighted by Crippen LogP contribution is -2.26. The summed E-state index contributed by atoms with van der Waals surface area (Å²) in [6.07, 6.45) is -8.42. The standard InChI is InChI=1S/C21H14BrF6N5O3S/c1-7-13(22)16(21(26,27)28)32-33(7)8(2)18(35)31-14-12-9(10-4-3-5-36-10)6-11(20(23,24)25)30-19(12)37-15(14)17(29)34/h3-6,8H,1-2H3,(H2,29,34)(H,31,35). The molecule has 0 aliphatic carbocycles. The van der Waals surface area contributed by atoms with Crippen molar-refractivity contribution in [3.05, 3.63) is 50.9 Å². The molecular formula is C21H14BrF6N5O3S. The summed E-state index contributed by atoms with van der Waals surface area (Å²) >= 11 is 3.34. The first-order valence-electron chi connectivity index (χ1n) is 10.1. The van der Waals surface area contributed by atoms with Crippen LogP contribution in [0, 0.1) is 6.92 Å². The Labute approximate surface area is 215 Å². The second-order valence-corrected chi connectivity index (χ2v) is 9.53. The second-order valence-electron chi connectivity index (χ2n) is 7.74. The molecule has 0 spiro atoms. The van der Waals surface area contributed by atoms with Gasteiger partial charge in [-0.05, 0) is 48.0 Å². The summed E-state index contributed by atoms with van der Waals surface area (Å²) < 4.78 is 86.1. The van der Waals surface area contributed by atoms with Gasteiger partial charge in [0.25, 0.3) is 5.91 Å². The Kier molecular flexibility index (Phi) is 6.60. The Balaban J connectivity index is 1.86. The summed E-state index contributed by atoms with van der Waals surface area (Å²) in [6, 6.07) is 2.15. The summed E-state index contributed by atoms with van der Waals surface area (Å²) in [6.45, 7) is 2.57. The molecule has 0 radical (unpaired) electrons. The number of pyridine rings is 1. The van der Waals surface area contributed by atoms with E-state index in [4.69, 9.17) is 10.2 Å². The highest BCUT2D eigenvalue weighted by molar-refractivity contribution is 9.10. The van der Waals surface area contributed by atoms with Gasteiger partial charge in [-0.15, -0.1) is 11.3 Å². The molecule has 0 saturated heterocycles. The highest BCUT2D eigenvalue weighted by Gasteiger charge is 2.39. The van der Waals surface area contributed by atoms with Crippen LogP contribution in [0.5, 0.6) is 0 Å². The molecule has 0 aliphatic rings. The van der Waals surface area contributed by atoms with E-state index in [9.17, 15) is 35.9 Å². The number of aromatic nitrogens is 3. The minimum absolute atomic E-state index is 0.00645. The maximum Gasteiger partial charge on any atom is 0.436 e. The van der Waals surface area contributed by atoms with Crippen LogP contribution >= 0.6 is 27.3 Å². The van der Waals surface area contributed by atoms with Gasteiger partial charge >= 0.3 is 12.4 Å². The topological polar surface area (TPSA) is 116 Å². The monoisotopic (exact) mass is 609 g/mol. The quantitative estimate of drug-likeness (QED) is 0.263. The van der Waals surface area contributed by atoms with Crippen LogP contribution in [-0.4, -0.2) is 26.6 Å². The maximum absolute atomic E-state index is 13.5. The van der Waals surface area contributed by atoms with Crippen LogP contribution in [0.3, 0.4) is 0 Å². The van der Waals surface area contributed by atoms with Gasteiger partial charge in [0.15, 0.2) is 5.69 Å². The molecule has 4 heterocycles. The highest BCUT2D eigenvalue weighted by atomic mass is 79.9. The molecule has 8 nitrogen and oxygen atoms in total. The van der Waals surface area contributed by atoms with Gasteiger partial charge in [-0.2, -0.15) is 31.4 Å². The second kappa shape index (κ2) is 9.16. The van der Waals surface area contributed by atoms with Crippen molar-refractivity contribution >= 4 is 55.0 Å². The summed E-state index contributed by atoms with van der Waals surface area (Å²) in [5.41, 5.74) is 2.52. The summed E-state index contributed by atoms with van der Waals surface area (Å²) in [5.74, 6) is -2.00. The molecule has 4 aromatic rings. The first-order valence-corrected chi connectivity index (χ1v) is 11.7. The van der Waals surface area contributed by atoms with Gasteiger partial charge in [-0.25, -0.2) is 4.98 Å². The average molecular weight is 610 g/mol. The number of primary amides is 1. The van der Waals surface area contributed by atoms with Crippen LogP contribution in [-0.2, 0) is 17.1 Å². The number of nitrogens with one attached hydrogen (secondary N) is 1. The fourth-order valence-electron chi connectivity index (χ4n) is 3.56. The van der Waals surface area contributed by atoms with Gasteiger partial charge in [-0.1, -0.05) is 0 Å². The molecule has 2 amide bonds. The lowest BCUT2D eigenvalue weighted by atomic mass is 10.1. The molecule has 0 bridgehead atoms. The lowest BCUT2D eigenvalue weighted by Gasteiger charge is -2.16. The fourth-order valence-corrected chi connectivity index (χ4v) is 5.05. The lowest BCUT2D eigenvalue weighted by molar-refractivity contribution is -0.142. The van der Waals surface area contributed by atoms with Crippen molar-refractivity contribution in [2.24, 2.45) is 5.73 Å². The van der Waals surface area contributed by atoms with Crippen molar-refractivity contribution in [2.75, 3.05) is 5.32 Å². The maximum atomic E-state index is 13.5. The Morgan fingerprint density at radius 3 is 2.41 bits per heavy atom. The molecule has 0 saturated carbocycles. The number of nitrogens with two attached hydrogens (primary N) is 1. The molecule has 0 aliphatic heterocycles. The van der Waals surface area contributed by atoms with Crippen LogP contribution in [0.4, 0.5) is 32.0 Å². The van der Waals surface area contributed by atoms with Crippen LogP contribution < -0.4 is 11.1 Å². The zero-order valence-electron chi connectivity index (χ0n) is 18.6. The van der Waals surface area contributed by atoms with Crippen LogP contribution in [0.2, 0.25) is 0 Å². The smallest absolute Gasteiger partial charge is 0.436 e. The Morgan fingerprint density at radius 2 is 1.89 bits per heavy atom. The van der Waals surface area contributed by atoms with Crippen LogP contribution in [0.1, 0.15) is 39.7 Å². The number of hydrogen-bond acceptors (Lipinski definition) is 6. The molecule has 4 rings (SSSR count). The van der Waals surface area contributed by atoms with Gasteiger partial charge in [0.2, 0.25) is 5.91 Å². The Morgan fingerprint density at radius 1 is 1.22 bits per heavy atom. The van der Waals surface area contributed by atoms with E-state index in [1.807, 2.05) is 0 Å². The van der Waals surface area contributed by atoms with E-state index >= 15 is 0 Å². The number of halogens is 7. The molecule has 1 unspecified atom stereocenters. The van der Waals surface area contributed by atoms with Gasteiger partial charge in [0.05, 0.1) is 22.1 Å². The zero-order chi connectivity index (χ0) is 27.4. The minimum atomic E-state index is -4.84. The zero-order valence-corrected chi connectivity index (χ0v) is 21.0. The van der Waals surface area contributed by atoms with E-state index in [-0.39, 0.29) is 42.3 Å². The number of fused-ring (bicyclic) bond motifs is 1. The first kappa shape index (κ1) is 26.7. The molecule has 0 fully saturated rings. The number of alkyl halides is 6. The predicted molar refractivity (Wildman–Crippen MR) is 124 cm³/mol. The van der Waals surface area contributed by atoms with Gasteiger partial charge < -0.3 is 15.5 Å². The Hall–Kier alpha value is -3.40. The molecule has 37 heavy (non-hydrogen) atoms. The van der Waals surface area contributed by atoms with Crippen molar-refractivity contribution in [3.63, 3.8) is 0 Å². The molecule has 0 aromatic carbocycles. The molecule has 4 aromatic heterocycles. The van der Waals surface area contributed by atoms with Crippen LogP contribution in [0.25, 0.3) is 21.5 Å². The molecular weight excluding hydrogens is 596 g/mol. The van der Waals surface area contributed by atoms with E-state index in [1.165, 1.54) is 32.2 Å². The number of furan rings is 1. The minimum Gasteiger partial charge on any atom is -0.464 e. The third kappa shape index (κ3) is 4.82. The van der Waals surface area contributed by atoms with E-state index in [0.29, 0.717) is 17.4 Å². The van der Waals surface area contributed by atoms with Crippen molar-refractivity contribution in [1.82, 2.24) is 14.8 Å². The van der Waals surface area contributed by atoms with Crippen molar-refractivity contribution in [3.8, 4) is 11.3 Å². The number of anilines is 1. The van der Waals surface area contributed by atoms with E-state index in [0.717, 1.165) is 4.68 Å². The number of carbonyl (C=O) groups excluding carboxylic acids is 2. The summed E-state index contributed by atoms with van der Waals surface area (Å²) in [4.78, 5) is 28.3. The van der Waals surface area contributed by atoms with E-state index in [1.54, 1.807) is 0 Å². The molecule has 16 heteroatoms. The highest BCUT2D eigenvalue weighted by Crippen LogP contribution is 2.44. The van der Waals surface area contributed by atoms with E-state index < -0.39 is 41.6 Å². The Bertz CT molecular complexity index is 1520. The normalized spacial score (nSPS) is 13.2. The van der Waals surface area contributed by atoms with E-state index in [2.05, 4.69) is 31.3 Å². The number of nitrogens with zero attached hydrogens (tertiary/aromatic N) is 3. The number of hydrogen-bond donors (Lipinski definition) is 2. The van der Waals surface area contributed by atoms with Crippen molar-refractivity contribution in [2.45, 2.75) is 32.2 Å². The third-order valence-corrected chi connectivity index (χ3v) is 7.35. The summed E-state index contributed by atoms with van der Waals surface area (Å²) in [7, 11) is 0.